The molecule has 1 saturated heterocycles. The van der Waals surface area contributed by atoms with Crippen LogP contribution in [-0.4, -0.2) is 41.7 Å². The number of carbonyl (C=O) groups is 1. The second-order valence-corrected chi connectivity index (χ2v) is 5.94. The van der Waals surface area contributed by atoms with Crippen molar-refractivity contribution >= 4 is 11.7 Å². The van der Waals surface area contributed by atoms with Crippen LogP contribution >= 0.6 is 0 Å². The lowest BCUT2D eigenvalue weighted by molar-refractivity contribution is 0.0853. The molecule has 1 fully saturated rings. The first kappa shape index (κ1) is 17.3. The number of hydrogen-bond donors (Lipinski definition) is 2. The Hall–Kier alpha value is -2.54. The van der Waals surface area contributed by atoms with Crippen LogP contribution in [0.1, 0.15) is 28.9 Å². The van der Waals surface area contributed by atoms with Crippen molar-refractivity contribution in [3.8, 4) is 0 Å². The van der Waals surface area contributed by atoms with Gasteiger partial charge in [-0.2, -0.15) is 0 Å². The Balaban J connectivity index is 1.43. The highest BCUT2D eigenvalue weighted by atomic mass is 19.1. The first-order chi connectivity index (χ1) is 12.2. The number of rotatable bonds is 7. The van der Waals surface area contributed by atoms with Gasteiger partial charge in [0.05, 0.1) is 18.5 Å². The molecule has 132 valence electrons. The van der Waals surface area contributed by atoms with Crippen molar-refractivity contribution < 1.29 is 13.9 Å². The minimum atomic E-state index is -0.249. The van der Waals surface area contributed by atoms with Crippen LogP contribution in [-0.2, 0) is 11.2 Å². The highest BCUT2D eigenvalue weighted by Gasteiger charge is 2.17. The van der Waals surface area contributed by atoms with Gasteiger partial charge in [-0.3, -0.25) is 4.79 Å². The molecule has 2 aromatic rings. The van der Waals surface area contributed by atoms with Crippen molar-refractivity contribution in [2.75, 3.05) is 25.0 Å². The Bertz CT molecular complexity index is 685. The van der Waals surface area contributed by atoms with Gasteiger partial charge in [0, 0.05) is 19.7 Å². The number of hydrogen-bond acceptors (Lipinski definition) is 5. The van der Waals surface area contributed by atoms with E-state index in [2.05, 4.69) is 20.6 Å². The summed E-state index contributed by atoms with van der Waals surface area (Å²) in [6, 6.07) is 6.40. The van der Waals surface area contributed by atoms with Crippen molar-refractivity contribution in [2.45, 2.75) is 25.4 Å². The summed E-state index contributed by atoms with van der Waals surface area (Å²) < 4.78 is 18.3. The summed E-state index contributed by atoms with van der Waals surface area (Å²) >= 11 is 0. The van der Waals surface area contributed by atoms with Crippen molar-refractivity contribution in [3.05, 3.63) is 53.7 Å². The Labute approximate surface area is 145 Å². The number of carbonyl (C=O) groups excluding carboxylic acids is 1. The van der Waals surface area contributed by atoms with Crippen LogP contribution in [0.4, 0.5) is 10.2 Å². The van der Waals surface area contributed by atoms with Crippen LogP contribution in [0.15, 0.2) is 36.7 Å². The van der Waals surface area contributed by atoms with Gasteiger partial charge < -0.3 is 15.4 Å². The molecule has 7 heteroatoms. The van der Waals surface area contributed by atoms with Crippen molar-refractivity contribution in [1.29, 1.82) is 0 Å². The van der Waals surface area contributed by atoms with Gasteiger partial charge in [0.15, 0.2) is 0 Å². The largest absolute Gasteiger partial charge is 0.376 e. The molecule has 0 aliphatic carbocycles. The first-order valence-corrected chi connectivity index (χ1v) is 8.41. The van der Waals surface area contributed by atoms with E-state index < -0.39 is 0 Å². The minimum Gasteiger partial charge on any atom is -0.376 e. The van der Waals surface area contributed by atoms with E-state index in [-0.39, 0.29) is 23.5 Å². The second kappa shape index (κ2) is 8.53. The molecule has 0 saturated carbocycles. The normalized spacial score (nSPS) is 16.6. The van der Waals surface area contributed by atoms with E-state index in [1.807, 2.05) is 0 Å². The highest BCUT2D eigenvalue weighted by Crippen LogP contribution is 2.11. The maximum atomic E-state index is 12.8. The van der Waals surface area contributed by atoms with Gasteiger partial charge in [-0.05, 0) is 37.0 Å². The maximum absolute atomic E-state index is 12.8. The Morgan fingerprint density at radius 1 is 1.24 bits per heavy atom. The molecule has 6 nitrogen and oxygen atoms in total. The summed E-state index contributed by atoms with van der Waals surface area (Å²) in [7, 11) is 0. The molecule has 25 heavy (non-hydrogen) atoms. The fourth-order valence-corrected chi connectivity index (χ4v) is 2.62. The minimum absolute atomic E-state index is 0.101. The number of benzene rings is 1. The third-order valence-corrected chi connectivity index (χ3v) is 4.03. The summed E-state index contributed by atoms with van der Waals surface area (Å²) in [5.41, 5.74) is 1.31. The number of amides is 1. The van der Waals surface area contributed by atoms with Crippen LogP contribution in [0.3, 0.4) is 0 Å². The van der Waals surface area contributed by atoms with E-state index in [9.17, 15) is 9.18 Å². The SMILES string of the molecule is O=C(NCC1CCCO1)c1cnc(NCCc2ccc(F)cc2)cn1. The third kappa shape index (κ3) is 5.22. The standard InChI is InChI=1S/C18H21FN4O2/c19-14-5-3-13(4-6-14)7-8-20-17-12-21-16(11-22-17)18(24)23-10-15-2-1-9-25-15/h3-6,11-12,15H,1-2,7-10H2,(H,20,22)(H,23,24). The Morgan fingerprint density at radius 2 is 2.08 bits per heavy atom. The first-order valence-electron chi connectivity index (χ1n) is 8.41. The fourth-order valence-electron chi connectivity index (χ4n) is 2.62. The zero-order valence-electron chi connectivity index (χ0n) is 13.9. The van der Waals surface area contributed by atoms with Gasteiger partial charge in [0.25, 0.3) is 5.91 Å². The zero-order chi connectivity index (χ0) is 17.5. The van der Waals surface area contributed by atoms with Gasteiger partial charge >= 0.3 is 0 Å². The molecule has 3 rings (SSSR count). The van der Waals surface area contributed by atoms with Crippen LogP contribution in [0, 0.1) is 5.82 Å². The molecule has 0 bridgehead atoms. The highest BCUT2D eigenvalue weighted by molar-refractivity contribution is 5.92. The predicted octanol–water partition coefficient (Wildman–Crippen LogP) is 2.18. The topological polar surface area (TPSA) is 76.1 Å². The van der Waals surface area contributed by atoms with Crippen LogP contribution in [0.25, 0.3) is 0 Å². The lowest BCUT2D eigenvalue weighted by Gasteiger charge is -2.10. The van der Waals surface area contributed by atoms with Gasteiger partial charge in [0.2, 0.25) is 0 Å². The van der Waals surface area contributed by atoms with Crippen LogP contribution in [0.5, 0.6) is 0 Å². The van der Waals surface area contributed by atoms with Crippen molar-refractivity contribution in [2.24, 2.45) is 0 Å². The summed E-state index contributed by atoms with van der Waals surface area (Å²) in [4.78, 5) is 20.4. The second-order valence-electron chi connectivity index (χ2n) is 5.94. The van der Waals surface area contributed by atoms with Crippen LogP contribution < -0.4 is 10.6 Å². The smallest absolute Gasteiger partial charge is 0.271 e. The summed E-state index contributed by atoms with van der Waals surface area (Å²) in [6.07, 6.45) is 5.84. The zero-order valence-corrected chi connectivity index (χ0v) is 13.9. The molecular weight excluding hydrogens is 323 g/mol. The third-order valence-electron chi connectivity index (χ3n) is 4.03. The molecule has 0 spiro atoms. The molecule has 2 N–H and O–H groups in total. The van der Waals surface area contributed by atoms with E-state index in [4.69, 9.17) is 4.74 Å². The van der Waals surface area contributed by atoms with Gasteiger partial charge in [0.1, 0.15) is 17.3 Å². The van der Waals surface area contributed by atoms with E-state index in [1.54, 1.807) is 12.1 Å². The summed E-state index contributed by atoms with van der Waals surface area (Å²) in [5, 5.41) is 5.94. The van der Waals surface area contributed by atoms with Crippen LogP contribution in [0.2, 0.25) is 0 Å². The van der Waals surface area contributed by atoms with E-state index in [0.717, 1.165) is 31.4 Å². The molecule has 2 heterocycles. The molecular formula is C18H21FN4O2. The van der Waals surface area contributed by atoms with Gasteiger partial charge in [-0.1, -0.05) is 12.1 Å². The lowest BCUT2D eigenvalue weighted by Crippen LogP contribution is -2.32. The molecule has 1 unspecified atom stereocenters. The molecule has 1 aromatic heterocycles. The Kier molecular flexibility index (Phi) is 5.90. The predicted molar refractivity (Wildman–Crippen MR) is 91.9 cm³/mol. The molecule has 1 aliphatic heterocycles. The fraction of sp³-hybridized carbons (Fsp3) is 0.389. The van der Waals surface area contributed by atoms with Gasteiger partial charge in [-0.25, -0.2) is 14.4 Å². The summed E-state index contributed by atoms with van der Waals surface area (Å²) in [6.45, 7) is 1.90. The lowest BCUT2D eigenvalue weighted by atomic mass is 10.1. The number of nitrogens with zero attached hydrogens (tertiary/aromatic N) is 2. The number of anilines is 1. The monoisotopic (exact) mass is 344 g/mol. The van der Waals surface area contributed by atoms with E-state index >= 15 is 0 Å². The molecule has 1 amide bonds. The Morgan fingerprint density at radius 3 is 2.76 bits per heavy atom. The molecule has 1 atom stereocenters. The van der Waals surface area contributed by atoms with Crippen molar-refractivity contribution in [3.63, 3.8) is 0 Å². The number of halogens is 1. The maximum Gasteiger partial charge on any atom is 0.271 e. The van der Waals surface area contributed by atoms with Crippen molar-refractivity contribution in [1.82, 2.24) is 15.3 Å². The number of nitrogens with one attached hydrogen (secondary N) is 2. The molecule has 0 radical (unpaired) electrons. The number of ether oxygens (including phenoxy) is 1. The average Bonchev–Trinajstić information content (AvgIpc) is 3.15. The average molecular weight is 344 g/mol. The van der Waals surface area contributed by atoms with E-state index in [1.165, 1.54) is 24.5 Å². The summed E-state index contributed by atoms with van der Waals surface area (Å²) in [5.74, 6) is 0.106. The number of aromatic nitrogens is 2. The van der Waals surface area contributed by atoms with Gasteiger partial charge in [-0.15, -0.1) is 0 Å². The van der Waals surface area contributed by atoms with E-state index in [0.29, 0.717) is 18.9 Å². The quantitative estimate of drug-likeness (QED) is 0.805. The molecule has 1 aliphatic rings. The molecule has 1 aromatic carbocycles.